The summed E-state index contributed by atoms with van der Waals surface area (Å²) in [7, 11) is 0. The molecule has 0 aliphatic carbocycles. The SMILES string of the molecule is CCOC1(C)CCOCC1. The van der Waals surface area contributed by atoms with Crippen LogP contribution in [-0.4, -0.2) is 25.4 Å². The van der Waals surface area contributed by atoms with E-state index in [-0.39, 0.29) is 5.60 Å². The van der Waals surface area contributed by atoms with Gasteiger partial charge in [-0.25, -0.2) is 0 Å². The van der Waals surface area contributed by atoms with Crippen molar-refractivity contribution in [3.8, 4) is 0 Å². The second kappa shape index (κ2) is 3.35. The topological polar surface area (TPSA) is 18.5 Å². The van der Waals surface area contributed by atoms with Gasteiger partial charge in [-0.2, -0.15) is 0 Å². The number of hydrogen-bond donors (Lipinski definition) is 0. The molecule has 0 N–H and O–H groups in total. The molecule has 1 aliphatic heterocycles. The highest BCUT2D eigenvalue weighted by molar-refractivity contribution is 4.77. The van der Waals surface area contributed by atoms with Gasteiger partial charge >= 0.3 is 0 Å². The van der Waals surface area contributed by atoms with Crippen LogP contribution in [0.3, 0.4) is 0 Å². The lowest BCUT2D eigenvalue weighted by Gasteiger charge is -2.33. The van der Waals surface area contributed by atoms with Gasteiger partial charge in [0.15, 0.2) is 0 Å². The smallest absolute Gasteiger partial charge is 0.0698 e. The fourth-order valence-electron chi connectivity index (χ4n) is 1.30. The Morgan fingerprint density at radius 1 is 1.40 bits per heavy atom. The van der Waals surface area contributed by atoms with Crippen LogP contribution in [-0.2, 0) is 9.47 Å². The van der Waals surface area contributed by atoms with Crippen LogP contribution in [0.4, 0.5) is 0 Å². The minimum Gasteiger partial charge on any atom is -0.381 e. The second-order valence-electron chi connectivity index (χ2n) is 3.00. The van der Waals surface area contributed by atoms with Gasteiger partial charge in [-0.3, -0.25) is 0 Å². The molecule has 0 aromatic carbocycles. The molecule has 0 spiro atoms. The van der Waals surface area contributed by atoms with Gasteiger partial charge in [0.05, 0.1) is 5.60 Å². The zero-order valence-electron chi connectivity index (χ0n) is 6.85. The van der Waals surface area contributed by atoms with Crippen molar-refractivity contribution >= 4 is 0 Å². The number of ether oxygens (including phenoxy) is 2. The summed E-state index contributed by atoms with van der Waals surface area (Å²) in [6.45, 7) is 6.74. The molecule has 0 atom stereocenters. The summed E-state index contributed by atoms with van der Waals surface area (Å²) < 4.78 is 10.8. The Labute approximate surface area is 62.5 Å². The molecule has 0 aromatic heterocycles. The lowest BCUT2D eigenvalue weighted by molar-refractivity contribution is -0.0949. The minimum absolute atomic E-state index is 0.104. The van der Waals surface area contributed by atoms with Crippen LogP contribution in [0.1, 0.15) is 26.7 Å². The van der Waals surface area contributed by atoms with E-state index in [0.717, 1.165) is 32.7 Å². The Bertz CT molecular complexity index is 89.9. The molecule has 1 fully saturated rings. The molecule has 2 nitrogen and oxygen atoms in total. The van der Waals surface area contributed by atoms with E-state index in [1.165, 1.54) is 0 Å². The van der Waals surface area contributed by atoms with Crippen LogP contribution < -0.4 is 0 Å². The van der Waals surface area contributed by atoms with E-state index in [1.807, 2.05) is 6.92 Å². The average molecular weight is 144 g/mol. The van der Waals surface area contributed by atoms with E-state index in [4.69, 9.17) is 9.47 Å². The molecule has 1 heterocycles. The summed E-state index contributed by atoms with van der Waals surface area (Å²) in [6, 6.07) is 0. The van der Waals surface area contributed by atoms with Gasteiger partial charge in [-0.15, -0.1) is 0 Å². The van der Waals surface area contributed by atoms with Gasteiger partial charge in [0, 0.05) is 19.8 Å². The van der Waals surface area contributed by atoms with E-state index < -0.39 is 0 Å². The minimum atomic E-state index is 0.104. The fourth-order valence-corrected chi connectivity index (χ4v) is 1.30. The van der Waals surface area contributed by atoms with E-state index in [2.05, 4.69) is 6.92 Å². The number of rotatable bonds is 2. The molecule has 0 amide bonds. The first-order chi connectivity index (χ1) is 4.77. The Hall–Kier alpha value is -0.0800. The third kappa shape index (κ3) is 1.96. The Balaban J connectivity index is 2.32. The van der Waals surface area contributed by atoms with Crippen molar-refractivity contribution < 1.29 is 9.47 Å². The summed E-state index contributed by atoms with van der Waals surface area (Å²) >= 11 is 0. The summed E-state index contributed by atoms with van der Waals surface area (Å²) in [6.07, 6.45) is 2.08. The molecule has 1 aliphatic rings. The first kappa shape index (κ1) is 8.02. The van der Waals surface area contributed by atoms with E-state index >= 15 is 0 Å². The molecule has 0 bridgehead atoms. The second-order valence-corrected chi connectivity index (χ2v) is 3.00. The average Bonchev–Trinajstić information content (AvgIpc) is 1.89. The quantitative estimate of drug-likeness (QED) is 0.586. The van der Waals surface area contributed by atoms with Gasteiger partial charge in [-0.05, 0) is 26.7 Å². The lowest BCUT2D eigenvalue weighted by atomic mass is 9.97. The Kier molecular flexibility index (Phi) is 2.69. The lowest BCUT2D eigenvalue weighted by Crippen LogP contribution is -2.35. The predicted molar refractivity (Wildman–Crippen MR) is 40.1 cm³/mol. The highest BCUT2D eigenvalue weighted by Crippen LogP contribution is 2.23. The van der Waals surface area contributed by atoms with Crippen molar-refractivity contribution in [1.29, 1.82) is 0 Å². The zero-order valence-corrected chi connectivity index (χ0v) is 6.85. The van der Waals surface area contributed by atoms with Crippen molar-refractivity contribution in [3.05, 3.63) is 0 Å². The standard InChI is InChI=1S/C8H16O2/c1-3-10-8(2)4-6-9-7-5-8/h3-7H2,1-2H3. The summed E-state index contributed by atoms with van der Waals surface area (Å²) in [5.41, 5.74) is 0.104. The van der Waals surface area contributed by atoms with Crippen molar-refractivity contribution in [2.75, 3.05) is 19.8 Å². The van der Waals surface area contributed by atoms with E-state index in [1.54, 1.807) is 0 Å². The van der Waals surface area contributed by atoms with Gasteiger partial charge in [0.25, 0.3) is 0 Å². The van der Waals surface area contributed by atoms with Gasteiger partial charge in [0.1, 0.15) is 0 Å². The predicted octanol–water partition coefficient (Wildman–Crippen LogP) is 1.59. The maximum Gasteiger partial charge on any atom is 0.0698 e. The maximum absolute atomic E-state index is 5.59. The monoisotopic (exact) mass is 144 g/mol. The molecule has 0 saturated carbocycles. The number of hydrogen-bond acceptors (Lipinski definition) is 2. The van der Waals surface area contributed by atoms with Crippen LogP contribution in [0, 0.1) is 0 Å². The van der Waals surface area contributed by atoms with Crippen LogP contribution in [0.5, 0.6) is 0 Å². The molecular formula is C8H16O2. The van der Waals surface area contributed by atoms with Gasteiger partial charge < -0.3 is 9.47 Å². The van der Waals surface area contributed by atoms with Crippen molar-refractivity contribution in [2.45, 2.75) is 32.3 Å². The van der Waals surface area contributed by atoms with E-state index in [9.17, 15) is 0 Å². The third-order valence-electron chi connectivity index (χ3n) is 2.04. The highest BCUT2D eigenvalue weighted by Gasteiger charge is 2.26. The summed E-state index contributed by atoms with van der Waals surface area (Å²) in [5.74, 6) is 0. The van der Waals surface area contributed by atoms with Gasteiger partial charge in [0.2, 0.25) is 0 Å². The highest BCUT2D eigenvalue weighted by atomic mass is 16.5. The Morgan fingerprint density at radius 3 is 2.50 bits per heavy atom. The first-order valence-corrected chi connectivity index (χ1v) is 3.98. The molecule has 2 heteroatoms. The molecule has 60 valence electrons. The van der Waals surface area contributed by atoms with Crippen LogP contribution in [0.15, 0.2) is 0 Å². The zero-order chi connectivity index (χ0) is 7.45. The molecule has 1 saturated heterocycles. The van der Waals surface area contributed by atoms with Gasteiger partial charge in [-0.1, -0.05) is 0 Å². The van der Waals surface area contributed by atoms with Crippen molar-refractivity contribution in [3.63, 3.8) is 0 Å². The Morgan fingerprint density at radius 2 is 2.00 bits per heavy atom. The van der Waals surface area contributed by atoms with Crippen LogP contribution in [0.2, 0.25) is 0 Å². The molecule has 10 heavy (non-hydrogen) atoms. The molecule has 0 aromatic rings. The molecule has 0 radical (unpaired) electrons. The van der Waals surface area contributed by atoms with Crippen LogP contribution in [0.25, 0.3) is 0 Å². The molecule has 0 unspecified atom stereocenters. The molecule has 1 rings (SSSR count). The van der Waals surface area contributed by atoms with Crippen molar-refractivity contribution in [2.24, 2.45) is 0 Å². The van der Waals surface area contributed by atoms with Crippen molar-refractivity contribution in [1.82, 2.24) is 0 Å². The fraction of sp³-hybridized carbons (Fsp3) is 1.00. The van der Waals surface area contributed by atoms with E-state index in [0.29, 0.717) is 0 Å². The van der Waals surface area contributed by atoms with Crippen LogP contribution >= 0.6 is 0 Å². The largest absolute Gasteiger partial charge is 0.381 e. The third-order valence-corrected chi connectivity index (χ3v) is 2.04. The summed E-state index contributed by atoms with van der Waals surface area (Å²) in [4.78, 5) is 0. The first-order valence-electron chi connectivity index (χ1n) is 3.98. The normalized spacial score (nSPS) is 24.6. The summed E-state index contributed by atoms with van der Waals surface area (Å²) in [5, 5.41) is 0. The molecular weight excluding hydrogens is 128 g/mol. The maximum atomic E-state index is 5.59.